The summed E-state index contributed by atoms with van der Waals surface area (Å²) < 4.78 is 4.36. The molecule has 0 aromatic carbocycles. The second kappa shape index (κ2) is 7.40. The number of likely N-dealkylation sites (tertiary alicyclic amines) is 1. The Bertz CT molecular complexity index is 916. The van der Waals surface area contributed by atoms with E-state index in [-0.39, 0.29) is 0 Å². The van der Waals surface area contributed by atoms with Crippen molar-refractivity contribution in [3.63, 3.8) is 0 Å². The lowest BCUT2D eigenvalue weighted by Crippen LogP contribution is -2.33. The molecule has 0 amide bonds. The molecule has 0 saturated carbocycles. The van der Waals surface area contributed by atoms with Crippen LogP contribution in [-0.4, -0.2) is 61.1 Å². The van der Waals surface area contributed by atoms with Crippen LogP contribution < -0.4 is 0 Å². The lowest BCUT2D eigenvalue weighted by Gasteiger charge is -2.31. The summed E-state index contributed by atoms with van der Waals surface area (Å²) in [6, 6.07) is 6.31. The van der Waals surface area contributed by atoms with Crippen molar-refractivity contribution in [3.8, 4) is 0 Å². The van der Waals surface area contributed by atoms with Crippen LogP contribution in [0.25, 0.3) is 5.52 Å². The zero-order valence-electron chi connectivity index (χ0n) is 16.8. The summed E-state index contributed by atoms with van der Waals surface area (Å²) in [6.45, 7) is 5.97. The summed E-state index contributed by atoms with van der Waals surface area (Å²) in [5.41, 5.74) is 2.40. The highest BCUT2D eigenvalue weighted by atomic mass is 15.3. The Morgan fingerprint density at radius 2 is 1.93 bits per heavy atom. The standard InChI is InChI=1S/C20H29N7/c1-15-21-17(18-7-5-6-10-27(15)18)13-26-11-8-16(9-12-26)20-23-22-19(25(20)4)14-24(2)3/h5-7,10,16H,8-9,11-14H2,1-4H3. The van der Waals surface area contributed by atoms with Gasteiger partial charge < -0.3 is 13.9 Å². The van der Waals surface area contributed by atoms with Crippen LogP contribution in [0, 0.1) is 6.92 Å². The maximum Gasteiger partial charge on any atom is 0.146 e. The number of hydrogen-bond donors (Lipinski definition) is 0. The second-order valence-electron chi connectivity index (χ2n) is 7.88. The molecule has 0 unspecified atom stereocenters. The van der Waals surface area contributed by atoms with Crippen LogP contribution in [0.3, 0.4) is 0 Å². The molecule has 4 rings (SSSR count). The third-order valence-electron chi connectivity index (χ3n) is 5.58. The fraction of sp³-hybridized carbons (Fsp3) is 0.550. The number of aromatic nitrogens is 5. The van der Waals surface area contributed by atoms with Gasteiger partial charge >= 0.3 is 0 Å². The highest BCUT2D eigenvalue weighted by Crippen LogP contribution is 2.28. The van der Waals surface area contributed by atoms with Gasteiger partial charge in [0.15, 0.2) is 0 Å². The van der Waals surface area contributed by atoms with Gasteiger partial charge in [0.05, 0.1) is 17.8 Å². The molecule has 0 N–H and O–H groups in total. The molecule has 1 aliphatic heterocycles. The predicted molar refractivity (Wildman–Crippen MR) is 106 cm³/mol. The predicted octanol–water partition coefficient (Wildman–Crippen LogP) is 2.21. The van der Waals surface area contributed by atoms with E-state index in [9.17, 15) is 0 Å². The van der Waals surface area contributed by atoms with Crippen molar-refractivity contribution in [1.82, 2.24) is 33.9 Å². The maximum atomic E-state index is 4.80. The molecular formula is C20H29N7. The van der Waals surface area contributed by atoms with Crippen LogP contribution in [-0.2, 0) is 20.1 Å². The largest absolute Gasteiger partial charge is 0.317 e. The van der Waals surface area contributed by atoms with Gasteiger partial charge in [0.2, 0.25) is 0 Å². The highest BCUT2D eigenvalue weighted by Gasteiger charge is 2.26. The Morgan fingerprint density at radius 1 is 1.15 bits per heavy atom. The number of rotatable bonds is 5. The van der Waals surface area contributed by atoms with Crippen LogP contribution in [0.4, 0.5) is 0 Å². The normalized spacial score (nSPS) is 16.6. The number of hydrogen-bond acceptors (Lipinski definition) is 5. The third kappa shape index (κ3) is 3.61. The Labute approximate surface area is 160 Å². The zero-order chi connectivity index (χ0) is 19.0. The van der Waals surface area contributed by atoms with Gasteiger partial charge in [-0.1, -0.05) is 6.07 Å². The summed E-state index contributed by atoms with van der Waals surface area (Å²) >= 11 is 0. The van der Waals surface area contributed by atoms with Crippen LogP contribution in [0.5, 0.6) is 0 Å². The quantitative estimate of drug-likeness (QED) is 0.692. The third-order valence-corrected chi connectivity index (χ3v) is 5.58. The smallest absolute Gasteiger partial charge is 0.146 e. The zero-order valence-corrected chi connectivity index (χ0v) is 16.8. The van der Waals surface area contributed by atoms with Crippen molar-refractivity contribution >= 4 is 5.52 Å². The van der Waals surface area contributed by atoms with E-state index in [0.717, 1.165) is 56.5 Å². The molecule has 0 atom stereocenters. The highest BCUT2D eigenvalue weighted by molar-refractivity contribution is 5.53. The molecule has 7 heteroatoms. The van der Waals surface area contributed by atoms with Crippen LogP contribution in [0.2, 0.25) is 0 Å². The van der Waals surface area contributed by atoms with E-state index in [2.05, 4.69) is 81.4 Å². The number of aryl methyl sites for hydroxylation is 1. The van der Waals surface area contributed by atoms with E-state index in [4.69, 9.17) is 4.98 Å². The van der Waals surface area contributed by atoms with Gasteiger partial charge in [-0.3, -0.25) is 4.90 Å². The minimum Gasteiger partial charge on any atom is -0.317 e. The monoisotopic (exact) mass is 367 g/mol. The first-order chi connectivity index (χ1) is 13.0. The van der Waals surface area contributed by atoms with Gasteiger partial charge in [0.1, 0.15) is 17.5 Å². The summed E-state index contributed by atoms with van der Waals surface area (Å²) in [4.78, 5) is 9.45. The van der Waals surface area contributed by atoms with Crippen molar-refractivity contribution in [2.75, 3.05) is 27.2 Å². The molecular weight excluding hydrogens is 338 g/mol. The van der Waals surface area contributed by atoms with Crippen molar-refractivity contribution in [2.45, 2.75) is 38.8 Å². The summed E-state index contributed by atoms with van der Waals surface area (Å²) in [7, 11) is 6.23. The van der Waals surface area contributed by atoms with Gasteiger partial charge in [0, 0.05) is 25.7 Å². The van der Waals surface area contributed by atoms with Gasteiger partial charge in [-0.05, 0) is 59.1 Å². The molecule has 3 aromatic heterocycles. The van der Waals surface area contributed by atoms with Crippen LogP contribution >= 0.6 is 0 Å². The number of imidazole rings is 1. The molecule has 1 aliphatic rings. The molecule has 4 heterocycles. The van der Waals surface area contributed by atoms with Crippen LogP contribution in [0.15, 0.2) is 24.4 Å². The van der Waals surface area contributed by atoms with E-state index >= 15 is 0 Å². The minimum absolute atomic E-state index is 0.495. The maximum absolute atomic E-state index is 4.80. The number of fused-ring (bicyclic) bond motifs is 1. The Kier molecular flexibility index (Phi) is 4.97. The molecule has 1 fully saturated rings. The fourth-order valence-electron chi connectivity index (χ4n) is 4.10. The Hall–Kier alpha value is -2.25. The van der Waals surface area contributed by atoms with Gasteiger partial charge in [-0.2, -0.15) is 0 Å². The van der Waals surface area contributed by atoms with E-state index in [1.165, 1.54) is 11.2 Å². The Balaban J connectivity index is 1.41. The van der Waals surface area contributed by atoms with Crippen LogP contribution in [0.1, 0.15) is 41.9 Å². The summed E-state index contributed by atoms with van der Waals surface area (Å²) in [5, 5.41) is 8.90. The number of pyridine rings is 1. The topological polar surface area (TPSA) is 54.5 Å². The summed E-state index contributed by atoms with van der Waals surface area (Å²) in [5.74, 6) is 3.73. The first-order valence-corrected chi connectivity index (χ1v) is 9.70. The average molecular weight is 368 g/mol. The SMILES string of the molecule is Cc1nc(CN2CCC(c3nnc(CN(C)C)n3C)CC2)c2ccccn12. The first kappa shape index (κ1) is 18.1. The number of piperidine rings is 1. The average Bonchev–Trinajstić information content (AvgIpc) is 3.17. The molecule has 27 heavy (non-hydrogen) atoms. The van der Waals surface area contributed by atoms with E-state index in [1.54, 1.807) is 0 Å². The molecule has 1 saturated heterocycles. The lowest BCUT2D eigenvalue weighted by molar-refractivity contribution is 0.199. The molecule has 0 spiro atoms. The molecule has 0 radical (unpaired) electrons. The molecule has 7 nitrogen and oxygen atoms in total. The fourth-order valence-corrected chi connectivity index (χ4v) is 4.10. The second-order valence-corrected chi connectivity index (χ2v) is 7.88. The molecule has 0 bridgehead atoms. The van der Waals surface area contributed by atoms with Gasteiger partial charge in [0.25, 0.3) is 0 Å². The van der Waals surface area contributed by atoms with E-state index < -0.39 is 0 Å². The Morgan fingerprint density at radius 3 is 2.67 bits per heavy atom. The molecule has 144 valence electrons. The van der Waals surface area contributed by atoms with E-state index in [0.29, 0.717) is 5.92 Å². The number of nitrogens with zero attached hydrogens (tertiary/aromatic N) is 7. The molecule has 3 aromatic rings. The van der Waals surface area contributed by atoms with Crippen molar-refractivity contribution in [3.05, 3.63) is 47.6 Å². The van der Waals surface area contributed by atoms with Gasteiger partial charge in [-0.25, -0.2) is 4.98 Å². The van der Waals surface area contributed by atoms with E-state index in [1.807, 2.05) is 0 Å². The first-order valence-electron chi connectivity index (χ1n) is 9.70. The van der Waals surface area contributed by atoms with Crippen molar-refractivity contribution in [1.29, 1.82) is 0 Å². The van der Waals surface area contributed by atoms with Gasteiger partial charge in [-0.15, -0.1) is 10.2 Å². The molecule has 0 aliphatic carbocycles. The summed E-state index contributed by atoms with van der Waals surface area (Å²) in [6.07, 6.45) is 4.34. The van der Waals surface area contributed by atoms with Crippen molar-refractivity contribution < 1.29 is 0 Å². The van der Waals surface area contributed by atoms with Crippen molar-refractivity contribution in [2.24, 2.45) is 7.05 Å². The lowest BCUT2D eigenvalue weighted by atomic mass is 9.96. The minimum atomic E-state index is 0.495.